The Morgan fingerprint density at radius 1 is 1.13 bits per heavy atom. The van der Waals surface area contributed by atoms with Gasteiger partial charge >= 0.3 is 0 Å². The van der Waals surface area contributed by atoms with E-state index in [1.807, 2.05) is 12.1 Å². The molecule has 1 aliphatic heterocycles. The van der Waals surface area contributed by atoms with Crippen molar-refractivity contribution in [2.24, 2.45) is 0 Å². The van der Waals surface area contributed by atoms with E-state index in [0.29, 0.717) is 48.2 Å². The van der Waals surface area contributed by atoms with Crippen LogP contribution in [0.25, 0.3) is 0 Å². The van der Waals surface area contributed by atoms with Crippen LogP contribution in [0.15, 0.2) is 47.4 Å². The molecule has 0 aliphatic carbocycles. The Hall–Kier alpha value is -2.29. The predicted octanol–water partition coefficient (Wildman–Crippen LogP) is 1.79. The molecular formula is C22H29FN3O3S+. The normalized spacial score (nSPS) is 16.0. The number of sulfonamides is 1. The van der Waals surface area contributed by atoms with Crippen molar-refractivity contribution in [3.05, 3.63) is 59.4 Å². The Bertz CT molecular complexity index is 999. The molecular weight excluding hydrogens is 405 g/mol. The lowest BCUT2D eigenvalue weighted by Crippen LogP contribution is -3.15. The molecule has 3 rings (SSSR count). The van der Waals surface area contributed by atoms with Gasteiger partial charge in [0, 0.05) is 5.69 Å². The first kappa shape index (κ1) is 22.4. The van der Waals surface area contributed by atoms with Crippen LogP contribution in [-0.2, 0) is 14.8 Å². The molecule has 0 spiro atoms. The first-order valence-corrected chi connectivity index (χ1v) is 11.6. The lowest BCUT2D eigenvalue weighted by molar-refractivity contribution is -0.895. The van der Waals surface area contributed by atoms with E-state index in [9.17, 15) is 17.6 Å². The zero-order chi connectivity index (χ0) is 21.9. The highest BCUT2D eigenvalue weighted by molar-refractivity contribution is 7.89. The van der Waals surface area contributed by atoms with Crippen molar-refractivity contribution in [3.8, 4) is 0 Å². The van der Waals surface area contributed by atoms with Crippen LogP contribution in [-0.4, -0.2) is 51.4 Å². The average Bonchev–Trinajstić information content (AvgIpc) is 2.71. The van der Waals surface area contributed by atoms with Gasteiger partial charge in [0.1, 0.15) is 5.82 Å². The van der Waals surface area contributed by atoms with Crippen molar-refractivity contribution >= 4 is 21.6 Å². The summed E-state index contributed by atoms with van der Waals surface area (Å²) in [5.74, 6) is -0.231. The summed E-state index contributed by atoms with van der Waals surface area (Å²) in [7, 11) is -3.54. The van der Waals surface area contributed by atoms with Gasteiger partial charge in [-0.1, -0.05) is 32.0 Å². The molecule has 2 N–H and O–H groups in total. The smallest absolute Gasteiger partial charge is 0.279 e. The van der Waals surface area contributed by atoms with E-state index in [1.54, 1.807) is 31.2 Å². The Morgan fingerprint density at radius 2 is 1.77 bits per heavy atom. The number of aryl methyl sites for hydroxylation is 1. The number of halogens is 1. The van der Waals surface area contributed by atoms with Crippen molar-refractivity contribution in [3.63, 3.8) is 0 Å². The minimum absolute atomic E-state index is 0.214. The molecule has 0 unspecified atom stereocenters. The lowest BCUT2D eigenvalue weighted by Gasteiger charge is -2.31. The van der Waals surface area contributed by atoms with Gasteiger partial charge in [-0.2, -0.15) is 4.31 Å². The fraction of sp³-hybridized carbons (Fsp3) is 0.409. The second-order valence-electron chi connectivity index (χ2n) is 8.07. The van der Waals surface area contributed by atoms with Crippen molar-refractivity contribution in [1.29, 1.82) is 0 Å². The first-order valence-electron chi connectivity index (χ1n) is 10.2. The molecule has 0 aromatic heterocycles. The maximum atomic E-state index is 13.6. The summed E-state index contributed by atoms with van der Waals surface area (Å²) in [6.07, 6.45) is 0. The van der Waals surface area contributed by atoms with Crippen LogP contribution in [0.1, 0.15) is 30.9 Å². The van der Waals surface area contributed by atoms with Gasteiger partial charge in [-0.3, -0.25) is 4.79 Å². The highest BCUT2D eigenvalue weighted by Crippen LogP contribution is 2.20. The Kier molecular flexibility index (Phi) is 6.90. The van der Waals surface area contributed by atoms with Gasteiger partial charge in [0.25, 0.3) is 5.91 Å². The molecule has 1 fully saturated rings. The average molecular weight is 435 g/mol. The molecule has 162 valence electrons. The zero-order valence-corrected chi connectivity index (χ0v) is 18.4. The SMILES string of the molecule is Cc1ccc(NC(=O)C[NH+]2CCN(S(=O)(=O)c3ccc(C(C)C)cc3)CC2)cc1F. The molecule has 0 saturated carbocycles. The van der Waals surface area contributed by atoms with Crippen LogP contribution in [0.4, 0.5) is 10.1 Å². The second kappa shape index (κ2) is 9.24. The number of amides is 1. The van der Waals surface area contributed by atoms with Crippen molar-refractivity contribution in [1.82, 2.24) is 4.31 Å². The van der Waals surface area contributed by atoms with Gasteiger partial charge in [0.15, 0.2) is 6.54 Å². The van der Waals surface area contributed by atoms with Gasteiger partial charge < -0.3 is 10.2 Å². The standard InChI is InChI=1S/C22H28FN3O3S/c1-16(2)18-5-8-20(9-6-18)30(28,29)26-12-10-25(11-13-26)15-22(27)24-19-7-4-17(3)21(23)14-19/h4-9,14,16H,10-13,15H2,1-3H3,(H,24,27)/p+1. The highest BCUT2D eigenvalue weighted by atomic mass is 32.2. The number of benzene rings is 2. The largest absolute Gasteiger partial charge is 0.325 e. The highest BCUT2D eigenvalue weighted by Gasteiger charge is 2.31. The minimum atomic E-state index is -3.54. The third-order valence-corrected chi connectivity index (χ3v) is 7.39. The Morgan fingerprint density at radius 3 is 2.33 bits per heavy atom. The summed E-state index contributed by atoms with van der Waals surface area (Å²) in [5.41, 5.74) is 2.05. The summed E-state index contributed by atoms with van der Waals surface area (Å²) in [5, 5.41) is 2.71. The number of quaternary nitrogens is 1. The predicted molar refractivity (Wildman–Crippen MR) is 115 cm³/mol. The van der Waals surface area contributed by atoms with Gasteiger partial charge in [-0.15, -0.1) is 0 Å². The van der Waals surface area contributed by atoms with Gasteiger partial charge in [0.05, 0.1) is 31.1 Å². The molecule has 6 nitrogen and oxygen atoms in total. The number of hydrogen-bond acceptors (Lipinski definition) is 3. The third-order valence-electron chi connectivity index (χ3n) is 5.48. The summed E-state index contributed by atoms with van der Waals surface area (Å²) in [6, 6.07) is 11.6. The number of carbonyl (C=O) groups is 1. The fourth-order valence-corrected chi connectivity index (χ4v) is 4.94. The number of nitrogens with zero attached hydrogens (tertiary/aromatic N) is 1. The van der Waals surface area contributed by atoms with Gasteiger partial charge in [-0.05, 0) is 48.2 Å². The lowest BCUT2D eigenvalue weighted by atomic mass is 10.0. The van der Waals surface area contributed by atoms with E-state index >= 15 is 0 Å². The Labute approximate surface area is 177 Å². The maximum absolute atomic E-state index is 13.6. The van der Waals surface area contributed by atoms with Crippen LogP contribution in [0.2, 0.25) is 0 Å². The quantitative estimate of drug-likeness (QED) is 0.728. The second-order valence-corrected chi connectivity index (χ2v) is 10.0. The van der Waals surface area contributed by atoms with Gasteiger partial charge in [-0.25, -0.2) is 12.8 Å². The molecule has 0 bridgehead atoms. The molecule has 8 heteroatoms. The van der Waals surface area contributed by atoms with E-state index in [2.05, 4.69) is 19.2 Å². The number of piperazine rings is 1. The molecule has 1 saturated heterocycles. The maximum Gasteiger partial charge on any atom is 0.279 e. The van der Waals surface area contributed by atoms with E-state index in [-0.39, 0.29) is 18.3 Å². The first-order chi connectivity index (χ1) is 14.2. The molecule has 30 heavy (non-hydrogen) atoms. The van der Waals surface area contributed by atoms with Crippen LogP contribution in [0.5, 0.6) is 0 Å². The minimum Gasteiger partial charge on any atom is -0.325 e. The Balaban J connectivity index is 1.54. The van der Waals surface area contributed by atoms with E-state index in [0.717, 1.165) is 10.5 Å². The van der Waals surface area contributed by atoms with Crippen molar-refractivity contribution in [2.45, 2.75) is 31.6 Å². The summed E-state index contributed by atoms with van der Waals surface area (Å²) >= 11 is 0. The monoisotopic (exact) mass is 434 g/mol. The van der Waals surface area contributed by atoms with Crippen LogP contribution >= 0.6 is 0 Å². The van der Waals surface area contributed by atoms with Crippen LogP contribution in [0.3, 0.4) is 0 Å². The summed E-state index contributed by atoms with van der Waals surface area (Å²) in [4.78, 5) is 13.6. The van der Waals surface area contributed by atoms with E-state index < -0.39 is 10.0 Å². The van der Waals surface area contributed by atoms with Crippen LogP contribution < -0.4 is 10.2 Å². The summed E-state index contributed by atoms with van der Waals surface area (Å²) < 4.78 is 40.9. The van der Waals surface area contributed by atoms with Crippen molar-refractivity contribution in [2.75, 3.05) is 38.0 Å². The summed E-state index contributed by atoms with van der Waals surface area (Å²) in [6.45, 7) is 7.81. The molecule has 0 radical (unpaired) electrons. The fourth-order valence-electron chi connectivity index (χ4n) is 3.50. The molecule has 1 amide bonds. The van der Waals surface area contributed by atoms with Crippen molar-refractivity contribution < 1.29 is 22.5 Å². The molecule has 1 heterocycles. The molecule has 2 aromatic carbocycles. The molecule has 2 aromatic rings. The number of carbonyl (C=O) groups excluding carboxylic acids is 1. The number of rotatable bonds is 6. The van der Waals surface area contributed by atoms with Gasteiger partial charge in [0.2, 0.25) is 10.0 Å². The van der Waals surface area contributed by atoms with Crippen LogP contribution in [0, 0.1) is 12.7 Å². The number of nitrogens with one attached hydrogen (secondary N) is 2. The zero-order valence-electron chi connectivity index (χ0n) is 17.6. The van der Waals surface area contributed by atoms with E-state index in [1.165, 1.54) is 10.4 Å². The molecule has 0 atom stereocenters. The number of hydrogen-bond donors (Lipinski definition) is 2. The number of anilines is 1. The molecule has 1 aliphatic rings. The topological polar surface area (TPSA) is 70.9 Å². The third kappa shape index (κ3) is 5.24. The van der Waals surface area contributed by atoms with E-state index in [4.69, 9.17) is 0 Å².